The maximum Gasteiger partial charge on any atom is 0.280 e. The molecule has 1 aromatic carbocycles. The van der Waals surface area contributed by atoms with Gasteiger partial charge >= 0.3 is 0 Å². The second-order valence-corrected chi connectivity index (χ2v) is 5.37. The second kappa shape index (κ2) is 5.09. The van der Waals surface area contributed by atoms with E-state index in [4.69, 9.17) is 0 Å². The van der Waals surface area contributed by atoms with Crippen molar-refractivity contribution in [2.24, 2.45) is 0 Å². The summed E-state index contributed by atoms with van der Waals surface area (Å²) in [6, 6.07) is 3.15. The SMILES string of the molecule is Cc1cc(-n2c(=O)cc(F)n3c(=O)cnnc23)c(F)cc1Br. The first-order valence-corrected chi connectivity index (χ1v) is 6.81. The molecule has 0 amide bonds. The van der Waals surface area contributed by atoms with Gasteiger partial charge < -0.3 is 0 Å². The lowest BCUT2D eigenvalue weighted by Gasteiger charge is -2.12. The van der Waals surface area contributed by atoms with Crippen LogP contribution < -0.4 is 11.1 Å². The van der Waals surface area contributed by atoms with Gasteiger partial charge in [-0.3, -0.25) is 9.59 Å². The zero-order chi connectivity index (χ0) is 16.0. The van der Waals surface area contributed by atoms with Gasteiger partial charge in [-0.25, -0.2) is 13.4 Å². The molecular weight excluding hydrogens is 362 g/mol. The summed E-state index contributed by atoms with van der Waals surface area (Å²) in [6.07, 6.45) is 0.800. The zero-order valence-corrected chi connectivity index (χ0v) is 12.6. The van der Waals surface area contributed by atoms with Crippen LogP contribution in [0.5, 0.6) is 0 Å². The van der Waals surface area contributed by atoms with E-state index in [9.17, 15) is 18.4 Å². The summed E-state index contributed by atoms with van der Waals surface area (Å²) in [5.41, 5.74) is -1.18. The van der Waals surface area contributed by atoms with E-state index in [1.54, 1.807) is 6.92 Å². The Bertz CT molecular complexity index is 1030. The summed E-state index contributed by atoms with van der Waals surface area (Å²) in [5.74, 6) is -2.23. The first-order chi connectivity index (χ1) is 10.4. The molecule has 0 aliphatic carbocycles. The summed E-state index contributed by atoms with van der Waals surface area (Å²) in [5, 5.41) is 7.00. The molecule has 112 valence electrons. The molecule has 0 aliphatic heterocycles. The van der Waals surface area contributed by atoms with Gasteiger partial charge in [0.25, 0.3) is 11.1 Å². The molecule has 3 aromatic rings. The van der Waals surface area contributed by atoms with E-state index in [1.165, 1.54) is 12.1 Å². The van der Waals surface area contributed by atoms with Crippen LogP contribution in [0.2, 0.25) is 0 Å². The van der Waals surface area contributed by atoms with Crippen LogP contribution in [0.3, 0.4) is 0 Å². The fourth-order valence-corrected chi connectivity index (χ4v) is 2.36. The van der Waals surface area contributed by atoms with Gasteiger partial charge in [0.1, 0.15) is 12.0 Å². The Labute approximate surface area is 129 Å². The zero-order valence-electron chi connectivity index (χ0n) is 11.0. The minimum Gasteiger partial charge on any atom is -0.269 e. The highest BCUT2D eigenvalue weighted by atomic mass is 79.9. The molecule has 0 aliphatic rings. The number of fused-ring (bicyclic) bond motifs is 1. The van der Waals surface area contributed by atoms with Crippen molar-refractivity contribution < 1.29 is 8.78 Å². The first-order valence-electron chi connectivity index (χ1n) is 6.02. The number of nitrogens with zero attached hydrogens (tertiary/aromatic N) is 4. The number of benzene rings is 1. The van der Waals surface area contributed by atoms with Crippen molar-refractivity contribution in [2.45, 2.75) is 6.92 Å². The third-order valence-corrected chi connectivity index (χ3v) is 3.94. The Balaban J connectivity index is 2.52. The number of hydrogen-bond acceptors (Lipinski definition) is 4. The van der Waals surface area contributed by atoms with Crippen molar-refractivity contribution in [1.82, 2.24) is 19.2 Å². The lowest BCUT2D eigenvalue weighted by Crippen LogP contribution is -2.29. The van der Waals surface area contributed by atoms with Crippen LogP contribution in [0.4, 0.5) is 8.78 Å². The smallest absolute Gasteiger partial charge is 0.269 e. The molecule has 3 rings (SSSR count). The fraction of sp³-hybridized carbons (Fsp3) is 0.0769. The molecule has 0 saturated carbocycles. The van der Waals surface area contributed by atoms with E-state index in [1.807, 2.05) is 0 Å². The average molecular weight is 369 g/mol. The van der Waals surface area contributed by atoms with E-state index in [2.05, 4.69) is 26.1 Å². The van der Waals surface area contributed by atoms with Crippen LogP contribution in [-0.4, -0.2) is 19.2 Å². The topological polar surface area (TPSA) is 69.3 Å². The normalized spacial score (nSPS) is 11.1. The largest absolute Gasteiger partial charge is 0.280 e. The molecule has 6 nitrogen and oxygen atoms in total. The molecule has 9 heteroatoms. The van der Waals surface area contributed by atoms with Crippen molar-refractivity contribution in [3.05, 3.63) is 66.9 Å². The molecule has 0 N–H and O–H groups in total. The number of rotatable bonds is 1. The van der Waals surface area contributed by atoms with Crippen molar-refractivity contribution >= 4 is 21.7 Å². The Hall–Kier alpha value is -2.42. The molecule has 0 unspecified atom stereocenters. The Kier molecular flexibility index (Phi) is 3.36. The summed E-state index contributed by atoms with van der Waals surface area (Å²) in [6.45, 7) is 1.70. The highest BCUT2D eigenvalue weighted by Gasteiger charge is 2.17. The van der Waals surface area contributed by atoms with Gasteiger partial charge in [0.05, 0.1) is 11.8 Å². The van der Waals surface area contributed by atoms with Gasteiger partial charge in [0.15, 0.2) is 0 Å². The van der Waals surface area contributed by atoms with Crippen LogP contribution >= 0.6 is 15.9 Å². The molecular formula is C13H7BrF2N4O2. The fourth-order valence-electron chi connectivity index (χ4n) is 2.05. The van der Waals surface area contributed by atoms with Crippen LogP contribution in [-0.2, 0) is 0 Å². The highest BCUT2D eigenvalue weighted by molar-refractivity contribution is 9.10. The predicted molar refractivity (Wildman–Crippen MR) is 77.2 cm³/mol. The van der Waals surface area contributed by atoms with Crippen molar-refractivity contribution in [3.63, 3.8) is 0 Å². The lowest BCUT2D eigenvalue weighted by atomic mass is 10.2. The van der Waals surface area contributed by atoms with E-state index in [0.717, 1.165) is 10.8 Å². The molecule has 22 heavy (non-hydrogen) atoms. The van der Waals surface area contributed by atoms with E-state index in [0.29, 0.717) is 20.5 Å². The van der Waals surface area contributed by atoms with Crippen LogP contribution in [0, 0.1) is 18.7 Å². The Morgan fingerprint density at radius 3 is 2.59 bits per heavy atom. The van der Waals surface area contributed by atoms with Crippen molar-refractivity contribution in [3.8, 4) is 5.69 Å². The number of aryl methyl sites for hydroxylation is 1. The van der Waals surface area contributed by atoms with Gasteiger partial charge in [-0.2, -0.15) is 4.39 Å². The first kappa shape index (κ1) is 14.5. The third-order valence-electron chi connectivity index (χ3n) is 3.08. The third kappa shape index (κ3) is 2.13. The van der Waals surface area contributed by atoms with Gasteiger partial charge in [0.2, 0.25) is 11.7 Å². The van der Waals surface area contributed by atoms with Gasteiger partial charge in [-0.15, -0.1) is 10.2 Å². The van der Waals surface area contributed by atoms with Gasteiger partial charge in [-0.05, 0) is 24.6 Å². The lowest BCUT2D eigenvalue weighted by molar-refractivity contribution is 0.542. The van der Waals surface area contributed by atoms with Crippen LogP contribution in [0.1, 0.15) is 5.56 Å². The van der Waals surface area contributed by atoms with Crippen molar-refractivity contribution in [1.29, 1.82) is 0 Å². The van der Waals surface area contributed by atoms with Crippen molar-refractivity contribution in [2.75, 3.05) is 0 Å². The standard InChI is InChI=1S/C13H7BrF2N4O2/c1-6-2-9(8(15)3-7(6)14)19-11(21)4-10(16)20-12(22)5-17-18-13(19)20/h2-5H,1H3. The Morgan fingerprint density at radius 1 is 1.14 bits per heavy atom. The Morgan fingerprint density at radius 2 is 1.86 bits per heavy atom. The maximum atomic E-state index is 14.2. The van der Waals surface area contributed by atoms with Crippen LogP contribution in [0.15, 0.2) is 38.5 Å². The van der Waals surface area contributed by atoms with Gasteiger partial charge in [0, 0.05) is 4.47 Å². The number of hydrogen-bond donors (Lipinski definition) is 0. The minimum atomic E-state index is -1.09. The second-order valence-electron chi connectivity index (χ2n) is 4.51. The molecule has 0 saturated heterocycles. The van der Waals surface area contributed by atoms with E-state index < -0.39 is 28.7 Å². The monoisotopic (exact) mass is 368 g/mol. The predicted octanol–water partition coefficient (Wildman–Crippen LogP) is 1.59. The molecule has 2 aromatic heterocycles. The summed E-state index contributed by atoms with van der Waals surface area (Å²) >= 11 is 3.17. The van der Waals surface area contributed by atoms with Gasteiger partial charge in [-0.1, -0.05) is 15.9 Å². The summed E-state index contributed by atoms with van der Waals surface area (Å²) in [4.78, 5) is 23.8. The van der Waals surface area contributed by atoms with E-state index >= 15 is 0 Å². The maximum absolute atomic E-state index is 14.2. The summed E-state index contributed by atoms with van der Waals surface area (Å²) in [7, 11) is 0. The highest BCUT2D eigenvalue weighted by Crippen LogP contribution is 2.23. The molecule has 0 spiro atoms. The number of aromatic nitrogens is 4. The van der Waals surface area contributed by atoms with E-state index in [-0.39, 0.29) is 5.69 Å². The molecule has 2 heterocycles. The molecule has 0 bridgehead atoms. The van der Waals surface area contributed by atoms with Crippen LogP contribution in [0.25, 0.3) is 11.5 Å². The quantitative estimate of drug-likeness (QED) is 0.611. The molecule has 0 fully saturated rings. The molecule has 0 atom stereocenters. The average Bonchev–Trinajstić information content (AvgIpc) is 2.44. The number of halogens is 3. The molecule has 0 radical (unpaired) electrons. The minimum absolute atomic E-state index is 0.150. The summed E-state index contributed by atoms with van der Waals surface area (Å²) < 4.78 is 29.9.